The molecule has 1 aliphatic carbocycles. The van der Waals surface area contributed by atoms with Gasteiger partial charge in [-0.1, -0.05) is 0 Å². The van der Waals surface area contributed by atoms with Crippen LogP contribution in [0.4, 0.5) is 0 Å². The van der Waals surface area contributed by atoms with Crippen molar-refractivity contribution >= 4 is 22.6 Å². The Kier molecular flexibility index (Phi) is 6.32. The molecule has 0 fully saturated rings. The second kappa shape index (κ2) is 8.48. The number of benzene rings is 2. The zero-order chi connectivity index (χ0) is 17.8. The van der Waals surface area contributed by atoms with E-state index in [1.807, 2.05) is 12.1 Å². The topological polar surface area (TPSA) is 17.1 Å². The molecule has 0 saturated heterocycles. The van der Waals surface area contributed by atoms with Crippen LogP contribution in [0.25, 0.3) is 16.8 Å². The van der Waals surface area contributed by atoms with E-state index in [0.717, 1.165) is 26.9 Å². The van der Waals surface area contributed by atoms with Crippen LogP contribution in [0.1, 0.15) is 62.4 Å². The molecule has 0 radical (unpaired) electrons. The van der Waals surface area contributed by atoms with Gasteiger partial charge in [-0.15, -0.1) is 0 Å². The van der Waals surface area contributed by atoms with Gasteiger partial charge in [-0.3, -0.25) is 0 Å². The normalized spacial score (nSPS) is 16.1. The molecule has 1 aliphatic rings. The molecule has 0 saturated carbocycles. The summed E-state index contributed by atoms with van der Waals surface area (Å²) >= 11 is 0.311. The average Bonchev–Trinajstić information content (AvgIpc) is 2.64. The average molecular weight is 447 g/mol. The third-order valence-electron chi connectivity index (χ3n) is 5.29. The number of allylic oxidation sites excluding steroid dienone is 1. The van der Waals surface area contributed by atoms with Crippen LogP contribution in [0.2, 0.25) is 0 Å². The van der Waals surface area contributed by atoms with Gasteiger partial charge >= 0.3 is 162 Å². The summed E-state index contributed by atoms with van der Waals surface area (Å²) in [5, 5.41) is 2.31. The molecule has 0 spiro atoms. The van der Waals surface area contributed by atoms with Crippen molar-refractivity contribution in [1.29, 1.82) is 0 Å². The van der Waals surface area contributed by atoms with Gasteiger partial charge in [0.2, 0.25) is 0 Å². The molecule has 2 heteroatoms. The van der Waals surface area contributed by atoms with Gasteiger partial charge in [0, 0.05) is 0 Å². The fraction of sp³-hybridized carbons (Fsp3) is 0.435. The zero-order valence-corrected chi connectivity index (χ0v) is 17.7. The van der Waals surface area contributed by atoms with Crippen LogP contribution in [0.3, 0.4) is 0 Å². The molecule has 0 aliphatic heterocycles. The van der Waals surface area contributed by atoms with E-state index >= 15 is 0 Å². The van der Waals surface area contributed by atoms with Crippen molar-refractivity contribution in [3.8, 4) is 0 Å². The number of halogens is 1. The van der Waals surface area contributed by atoms with Crippen molar-refractivity contribution in [2.24, 2.45) is 5.92 Å². The van der Waals surface area contributed by atoms with E-state index in [-0.39, 0.29) is 5.78 Å². The van der Waals surface area contributed by atoms with E-state index in [1.54, 1.807) is 0 Å². The second-order valence-corrected chi connectivity index (χ2v) is 11.1. The molecule has 2 aromatic carbocycles. The number of alkyl halides is 2. The van der Waals surface area contributed by atoms with Gasteiger partial charge in [-0.05, 0) is 0 Å². The summed E-state index contributed by atoms with van der Waals surface area (Å²) in [7, 11) is 0. The molecule has 2 unspecified atom stereocenters. The van der Waals surface area contributed by atoms with Crippen LogP contribution in [-0.2, 0) is 0 Å². The Morgan fingerprint density at radius 2 is 1.76 bits per heavy atom. The fourth-order valence-corrected chi connectivity index (χ4v) is 6.83. The van der Waals surface area contributed by atoms with Gasteiger partial charge in [0.05, 0.1) is 0 Å². The Balaban J connectivity index is 1.86. The Morgan fingerprint density at radius 1 is 1.00 bits per heavy atom. The van der Waals surface area contributed by atoms with Crippen LogP contribution >= 0.6 is 0 Å². The third kappa shape index (κ3) is 3.99. The van der Waals surface area contributed by atoms with Crippen molar-refractivity contribution in [2.45, 2.75) is 50.4 Å². The van der Waals surface area contributed by atoms with E-state index in [2.05, 4.69) is 51.1 Å². The van der Waals surface area contributed by atoms with E-state index in [4.69, 9.17) is 0 Å². The molecule has 1 nitrogen and oxygen atoms in total. The van der Waals surface area contributed by atoms with E-state index in [0.29, 0.717) is 27.1 Å². The minimum absolute atomic E-state index is 0.251. The van der Waals surface area contributed by atoms with Crippen LogP contribution in [0.15, 0.2) is 42.0 Å². The van der Waals surface area contributed by atoms with Crippen molar-refractivity contribution in [3.63, 3.8) is 0 Å². The molecule has 0 aromatic heterocycles. The van der Waals surface area contributed by atoms with Gasteiger partial charge in [0.25, 0.3) is 0 Å². The van der Waals surface area contributed by atoms with Crippen molar-refractivity contribution in [1.82, 2.24) is 0 Å². The quantitative estimate of drug-likeness (QED) is 0.449. The van der Waals surface area contributed by atoms with E-state index in [9.17, 15) is 4.79 Å². The number of hydrogen-bond donors (Lipinski definition) is 0. The van der Waals surface area contributed by atoms with Crippen molar-refractivity contribution in [3.05, 3.63) is 53.1 Å². The monoisotopic (exact) mass is 447 g/mol. The zero-order valence-electron chi connectivity index (χ0n) is 15.5. The van der Waals surface area contributed by atoms with Crippen LogP contribution in [-0.4, -0.2) is 14.1 Å². The molecule has 2 atom stereocenters. The van der Waals surface area contributed by atoms with Crippen molar-refractivity contribution in [2.75, 3.05) is 4.43 Å². The van der Waals surface area contributed by atoms with Gasteiger partial charge in [0.15, 0.2) is 0 Å². The van der Waals surface area contributed by atoms with Crippen LogP contribution < -0.4 is 21.2 Å². The van der Waals surface area contributed by atoms with E-state index in [1.165, 1.54) is 34.6 Å². The number of hydrogen-bond acceptors (Lipinski definition) is 1. The first kappa shape index (κ1) is 18.6. The van der Waals surface area contributed by atoms with Crippen LogP contribution in [0.5, 0.6) is 0 Å². The standard InChI is InChI=1S/C23H28IO/c1-4-16(14-20(5-2)24-6-3)13-19-15-18-11-7-9-17-10-8-12-21(22(17)18)23(19)25/h7-12,15-16,20H,4-6,13-14H2,1-3H3/q-1. The number of ketones is 1. The number of carbonyl (C=O) groups is 1. The summed E-state index contributed by atoms with van der Waals surface area (Å²) in [6.07, 6.45) is 6.86. The molecule has 3 rings (SSSR count). The number of Topliss-reactive ketones (excluding diaryl/α,β-unsaturated/α-hetero) is 1. The molecule has 134 valence electrons. The fourth-order valence-electron chi connectivity index (χ4n) is 3.88. The molecular weight excluding hydrogens is 419 g/mol. The van der Waals surface area contributed by atoms with Crippen molar-refractivity contribution < 1.29 is 26.0 Å². The number of carbonyl (C=O) groups excluding carboxylic acids is 1. The van der Waals surface area contributed by atoms with Gasteiger partial charge < -0.3 is 0 Å². The summed E-state index contributed by atoms with van der Waals surface area (Å²) in [5.74, 6) is 0.886. The van der Waals surface area contributed by atoms with E-state index < -0.39 is 0 Å². The first-order chi connectivity index (χ1) is 12.2. The molecular formula is C23H28IO-. The first-order valence-electron chi connectivity index (χ1n) is 9.52. The summed E-state index contributed by atoms with van der Waals surface area (Å²) in [4.78, 5) is 13.1. The summed E-state index contributed by atoms with van der Waals surface area (Å²) < 4.78 is 2.27. The molecule has 2 aromatic rings. The molecule has 0 bridgehead atoms. The predicted molar refractivity (Wildman–Crippen MR) is 104 cm³/mol. The molecule has 0 heterocycles. The number of rotatable bonds is 8. The summed E-state index contributed by atoms with van der Waals surface area (Å²) in [6, 6.07) is 12.5. The Morgan fingerprint density at radius 3 is 2.44 bits per heavy atom. The SMILES string of the molecule is CC[I-]C(CC)CC(CC)CC1=Cc2cccc3cccc(c23)C1=O. The Hall–Kier alpha value is -1.16. The maximum atomic E-state index is 13.1. The van der Waals surface area contributed by atoms with Crippen LogP contribution in [0, 0.1) is 5.92 Å². The summed E-state index contributed by atoms with van der Waals surface area (Å²) in [6.45, 7) is 6.93. The Labute approximate surface area is 162 Å². The molecule has 0 amide bonds. The summed E-state index contributed by atoms with van der Waals surface area (Å²) in [5.41, 5.74) is 3.13. The van der Waals surface area contributed by atoms with Gasteiger partial charge in [-0.2, -0.15) is 0 Å². The Bertz CT molecular complexity index is 785. The third-order valence-corrected chi connectivity index (χ3v) is 8.81. The molecule has 0 N–H and O–H groups in total. The molecule has 25 heavy (non-hydrogen) atoms. The van der Waals surface area contributed by atoms with Gasteiger partial charge in [0.1, 0.15) is 0 Å². The predicted octanol–water partition coefficient (Wildman–Crippen LogP) is 3.11. The van der Waals surface area contributed by atoms with Gasteiger partial charge in [-0.25, -0.2) is 0 Å². The minimum atomic E-state index is 0.251. The second-order valence-electron chi connectivity index (χ2n) is 6.89. The maximum absolute atomic E-state index is 13.1. The first-order valence-corrected chi connectivity index (χ1v) is 12.3.